The van der Waals surface area contributed by atoms with Crippen molar-refractivity contribution in [1.82, 2.24) is 0 Å². The highest BCUT2D eigenvalue weighted by atomic mass is 16.7. The summed E-state index contributed by atoms with van der Waals surface area (Å²) in [6.07, 6.45) is -9.08. The minimum absolute atomic E-state index is 0.0490. The number of rotatable bonds is 5. The maximum absolute atomic E-state index is 11.4. The van der Waals surface area contributed by atoms with Gasteiger partial charge >= 0.3 is 5.97 Å². The molecule has 1 fully saturated rings. The normalized spacial score (nSPS) is 24.9. The summed E-state index contributed by atoms with van der Waals surface area (Å²) in [6.45, 7) is 0. The van der Waals surface area contributed by atoms with Gasteiger partial charge in [-0.25, -0.2) is 4.79 Å². The molecule has 0 bridgehead atoms. The number of aliphatic carboxylic acids is 1. The maximum atomic E-state index is 11.4. The predicted octanol–water partition coefficient (Wildman–Crippen LogP) is 1.70. The van der Waals surface area contributed by atoms with Crippen molar-refractivity contribution in [2.45, 2.75) is 30.7 Å². The van der Waals surface area contributed by atoms with Crippen molar-refractivity contribution in [3.05, 3.63) is 66.7 Å². The fraction of sp³-hybridized carbons (Fsp3) is 0.208. The molecule has 1 aliphatic heterocycles. The van der Waals surface area contributed by atoms with Crippen LogP contribution in [0.2, 0.25) is 0 Å². The van der Waals surface area contributed by atoms with Crippen molar-refractivity contribution in [2.75, 3.05) is 0 Å². The molecule has 3 aromatic rings. The highest BCUT2D eigenvalue weighted by Gasteiger charge is 2.48. The van der Waals surface area contributed by atoms with Crippen LogP contribution in [0.1, 0.15) is 0 Å². The van der Waals surface area contributed by atoms with Crippen LogP contribution in [0.4, 0.5) is 0 Å². The number of aromatic hydroxyl groups is 2. The molecule has 172 valence electrons. The second kappa shape index (κ2) is 9.08. The van der Waals surface area contributed by atoms with Gasteiger partial charge in [-0.05, 0) is 17.2 Å². The van der Waals surface area contributed by atoms with Gasteiger partial charge in [0.25, 0.3) is 0 Å². The zero-order valence-electron chi connectivity index (χ0n) is 17.1. The van der Waals surface area contributed by atoms with Crippen molar-refractivity contribution in [3.63, 3.8) is 0 Å². The second-order valence-corrected chi connectivity index (χ2v) is 7.58. The van der Waals surface area contributed by atoms with Crippen LogP contribution in [0.5, 0.6) is 17.2 Å². The summed E-state index contributed by atoms with van der Waals surface area (Å²) in [7, 11) is 0. The zero-order chi connectivity index (χ0) is 23.7. The van der Waals surface area contributed by atoms with Crippen molar-refractivity contribution in [1.29, 1.82) is 0 Å². The van der Waals surface area contributed by atoms with Gasteiger partial charge in [-0.2, -0.15) is 0 Å². The van der Waals surface area contributed by atoms with Crippen LogP contribution in [-0.4, -0.2) is 67.3 Å². The summed E-state index contributed by atoms with van der Waals surface area (Å²) in [5.41, 5.74) is 1.29. The molecule has 0 saturated carbocycles. The monoisotopic (exact) mass is 454 g/mol. The molecule has 1 saturated heterocycles. The number of carboxylic acid groups (broad SMARTS) is 1. The first kappa shape index (κ1) is 22.6. The Balaban J connectivity index is 1.84. The molecule has 4 rings (SSSR count). The molecule has 1 heterocycles. The molecule has 0 amide bonds. The van der Waals surface area contributed by atoms with Gasteiger partial charge in [0.05, 0.1) is 5.56 Å². The highest BCUT2D eigenvalue weighted by Crippen LogP contribution is 2.49. The fourth-order valence-corrected chi connectivity index (χ4v) is 3.72. The number of aliphatic hydroxyl groups excluding tert-OH is 3. The van der Waals surface area contributed by atoms with E-state index < -0.39 is 48.2 Å². The molecule has 0 aliphatic carbocycles. The molecule has 3 aromatic carbocycles. The lowest BCUT2D eigenvalue weighted by atomic mass is 9.96. The molecule has 1 aliphatic rings. The Morgan fingerprint density at radius 1 is 0.788 bits per heavy atom. The Kier molecular flexibility index (Phi) is 6.21. The van der Waals surface area contributed by atoms with Crippen LogP contribution in [0.3, 0.4) is 0 Å². The summed E-state index contributed by atoms with van der Waals surface area (Å²) in [5, 5.41) is 61.3. The zero-order valence-corrected chi connectivity index (χ0v) is 17.1. The third kappa shape index (κ3) is 4.22. The molecule has 0 radical (unpaired) electrons. The number of benzene rings is 3. The lowest BCUT2D eigenvalue weighted by Crippen LogP contribution is -2.61. The standard InChI is InChI=1S/C24H22O9/c25-17-14(12-7-3-1-4-8-12)11-15(16(18(17)26)13-9-5-2-6-10-13)32-24-21(29)19(27)20(28)22(33-24)23(30)31/h1-11,19-22,24-29H,(H,30,31). The van der Waals surface area contributed by atoms with Gasteiger partial charge in [-0.3, -0.25) is 0 Å². The van der Waals surface area contributed by atoms with Gasteiger partial charge in [0, 0.05) is 5.56 Å². The molecule has 5 atom stereocenters. The minimum Gasteiger partial charge on any atom is -0.504 e. The van der Waals surface area contributed by atoms with Gasteiger partial charge in [0.2, 0.25) is 6.29 Å². The number of phenols is 2. The minimum atomic E-state index is -1.88. The number of aliphatic hydroxyl groups is 3. The third-order valence-electron chi connectivity index (χ3n) is 5.44. The average molecular weight is 454 g/mol. The SMILES string of the molecule is O=C(O)C1OC(Oc2cc(-c3ccccc3)c(O)c(O)c2-c2ccccc2)C(O)C(O)C1O. The predicted molar refractivity (Wildman–Crippen MR) is 116 cm³/mol. The summed E-state index contributed by atoms with van der Waals surface area (Å²) >= 11 is 0. The molecule has 6 N–H and O–H groups in total. The molecule has 5 unspecified atom stereocenters. The third-order valence-corrected chi connectivity index (χ3v) is 5.44. The van der Waals surface area contributed by atoms with Crippen molar-refractivity contribution in [2.24, 2.45) is 0 Å². The van der Waals surface area contributed by atoms with Crippen LogP contribution in [-0.2, 0) is 9.53 Å². The smallest absolute Gasteiger partial charge is 0.335 e. The first-order chi connectivity index (χ1) is 15.8. The Hall–Kier alpha value is -3.63. The summed E-state index contributed by atoms with van der Waals surface area (Å²) in [5.74, 6) is -2.51. The van der Waals surface area contributed by atoms with Gasteiger partial charge in [0.1, 0.15) is 24.1 Å². The van der Waals surface area contributed by atoms with Crippen LogP contribution in [0, 0.1) is 0 Å². The molecular weight excluding hydrogens is 432 g/mol. The van der Waals surface area contributed by atoms with E-state index in [0.29, 0.717) is 11.1 Å². The largest absolute Gasteiger partial charge is 0.504 e. The van der Waals surface area contributed by atoms with E-state index in [1.54, 1.807) is 60.7 Å². The number of hydrogen-bond donors (Lipinski definition) is 6. The Labute approximate surface area is 188 Å². The van der Waals surface area contributed by atoms with E-state index in [2.05, 4.69) is 0 Å². The number of carboxylic acids is 1. The van der Waals surface area contributed by atoms with E-state index in [9.17, 15) is 35.4 Å². The molecule has 33 heavy (non-hydrogen) atoms. The van der Waals surface area contributed by atoms with E-state index >= 15 is 0 Å². The number of hydrogen-bond acceptors (Lipinski definition) is 8. The maximum Gasteiger partial charge on any atom is 0.335 e. The number of carbonyl (C=O) groups is 1. The Morgan fingerprint density at radius 3 is 1.94 bits per heavy atom. The van der Waals surface area contributed by atoms with Gasteiger partial charge < -0.3 is 40.1 Å². The number of ether oxygens (including phenoxy) is 2. The first-order valence-electron chi connectivity index (χ1n) is 10.1. The summed E-state index contributed by atoms with van der Waals surface area (Å²) in [4.78, 5) is 11.4. The molecule has 9 heteroatoms. The van der Waals surface area contributed by atoms with Crippen LogP contribution in [0.15, 0.2) is 66.7 Å². The van der Waals surface area contributed by atoms with E-state index in [4.69, 9.17) is 9.47 Å². The van der Waals surface area contributed by atoms with Crippen molar-refractivity contribution in [3.8, 4) is 39.5 Å². The van der Waals surface area contributed by atoms with Crippen molar-refractivity contribution >= 4 is 5.97 Å². The molecule has 9 nitrogen and oxygen atoms in total. The first-order valence-corrected chi connectivity index (χ1v) is 10.1. The van der Waals surface area contributed by atoms with Gasteiger partial charge in [0.15, 0.2) is 17.6 Å². The Morgan fingerprint density at radius 2 is 1.36 bits per heavy atom. The van der Waals surface area contributed by atoms with E-state index in [1.165, 1.54) is 6.07 Å². The molecular formula is C24H22O9. The van der Waals surface area contributed by atoms with Crippen LogP contribution in [0.25, 0.3) is 22.3 Å². The van der Waals surface area contributed by atoms with Crippen LogP contribution < -0.4 is 4.74 Å². The molecule has 0 spiro atoms. The van der Waals surface area contributed by atoms with Gasteiger partial charge in [-0.15, -0.1) is 0 Å². The van der Waals surface area contributed by atoms with Crippen LogP contribution >= 0.6 is 0 Å². The van der Waals surface area contributed by atoms with E-state index in [0.717, 1.165) is 0 Å². The lowest BCUT2D eigenvalue weighted by molar-refractivity contribution is -0.271. The average Bonchev–Trinajstić information content (AvgIpc) is 2.82. The van der Waals surface area contributed by atoms with E-state index in [-0.39, 0.29) is 16.9 Å². The topological polar surface area (TPSA) is 157 Å². The Bertz CT molecular complexity index is 1130. The second-order valence-electron chi connectivity index (χ2n) is 7.58. The van der Waals surface area contributed by atoms with Gasteiger partial charge in [-0.1, -0.05) is 60.7 Å². The summed E-state index contributed by atoms with van der Waals surface area (Å²) in [6, 6.07) is 18.5. The van der Waals surface area contributed by atoms with Crippen molar-refractivity contribution < 1.29 is 44.9 Å². The highest BCUT2D eigenvalue weighted by molar-refractivity contribution is 5.87. The fourth-order valence-electron chi connectivity index (χ4n) is 3.72. The lowest BCUT2D eigenvalue weighted by Gasteiger charge is -2.38. The summed E-state index contributed by atoms with van der Waals surface area (Å²) < 4.78 is 11.0. The molecule has 0 aromatic heterocycles. The van der Waals surface area contributed by atoms with E-state index in [1.807, 2.05) is 0 Å². The quantitative estimate of drug-likeness (QED) is 0.316. The number of phenolic OH excluding ortho intramolecular Hbond substituents is 2.